The molecule has 1 N–H and O–H groups in total. The zero-order valence-electron chi connectivity index (χ0n) is 15.7. The molecule has 0 fully saturated rings. The minimum Gasteiger partial charge on any atom is -0.348 e. The summed E-state index contributed by atoms with van der Waals surface area (Å²) in [5.74, 6) is 0.0237. The highest BCUT2D eigenvalue weighted by molar-refractivity contribution is 7.09. The molecule has 0 spiro atoms. The molecule has 4 rings (SSSR count). The molecule has 4 nitrogen and oxygen atoms in total. The molecule has 0 saturated carbocycles. The highest BCUT2D eigenvalue weighted by atomic mass is 35.5. The second-order valence-electron chi connectivity index (χ2n) is 7.09. The lowest BCUT2D eigenvalue weighted by Gasteiger charge is -2.16. The number of hydrogen-bond donors (Lipinski definition) is 1. The van der Waals surface area contributed by atoms with Crippen LogP contribution in [0.25, 0.3) is 11.3 Å². The molecular weight excluding hydrogens is 378 g/mol. The molecule has 2 heterocycles. The Balaban J connectivity index is 1.51. The molecule has 1 atom stereocenters. The Hall–Kier alpha value is -2.11. The van der Waals surface area contributed by atoms with Gasteiger partial charge < -0.3 is 9.88 Å². The van der Waals surface area contributed by atoms with Gasteiger partial charge in [-0.3, -0.25) is 4.79 Å². The van der Waals surface area contributed by atoms with E-state index in [2.05, 4.69) is 39.3 Å². The number of aryl methyl sites for hydroxylation is 2. The van der Waals surface area contributed by atoms with Crippen LogP contribution < -0.4 is 5.32 Å². The Kier molecular flexibility index (Phi) is 4.82. The monoisotopic (exact) mass is 399 g/mol. The third-order valence-electron chi connectivity index (χ3n) is 5.32. The quantitative estimate of drug-likeness (QED) is 0.671. The van der Waals surface area contributed by atoms with Crippen molar-refractivity contribution >= 4 is 28.8 Å². The normalized spacial score (nSPS) is 15.8. The Bertz CT molecular complexity index is 1020. The van der Waals surface area contributed by atoms with Crippen LogP contribution in [0, 0.1) is 20.8 Å². The van der Waals surface area contributed by atoms with Gasteiger partial charge in [0.05, 0.1) is 16.7 Å². The fourth-order valence-corrected chi connectivity index (χ4v) is 4.82. The van der Waals surface area contributed by atoms with Gasteiger partial charge in [0, 0.05) is 27.4 Å². The molecule has 1 aromatic carbocycles. The van der Waals surface area contributed by atoms with Crippen LogP contribution in [0.3, 0.4) is 0 Å². The molecule has 27 heavy (non-hydrogen) atoms. The third kappa shape index (κ3) is 3.42. The molecule has 0 bridgehead atoms. The standard InChI is InChI=1S/C21H22ClN3OS/c1-12-9-17(20-11-27-14(3)23-20)13(2)25(12)10-21(26)24-19-8-7-15-16(19)5-4-6-18(15)22/h4-6,9,11,19H,7-8,10H2,1-3H3,(H,24,26)/t19-/m0/s1. The fourth-order valence-electron chi connectivity index (χ4n) is 3.93. The molecule has 2 aromatic heterocycles. The second kappa shape index (κ2) is 7.13. The summed E-state index contributed by atoms with van der Waals surface area (Å²) in [6.07, 6.45) is 1.81. The number of halogens is 1. The molecule has 0 saturated heterocycles. The van der Waals surface area contributed by atoms with Gasteiger partial charge in [-0.05, 0) is 56.9 Å². The highest BCUT2D eigenvalue weighted by Gasteiger charge is 2.26. The molecule has 1 amide bonds. The highest BCUT2D eigenvalue weighted by Crippen LogP contribution is 2.35. The van der Waals surface area contributed by atoms with Gasteiger partial charge in [0.15, 0.2) is 0 Å². The van der Waals surface area contributed by atoms with Crippen LogP contribution in [0.2, 0.25) is 5.02 Å². The lowest BCUT2D eigenvalue weighted by molar-refractivity contribution is -0.122. The SMILES string of the molecule is Cc1nc(-c2cc(C)n(CC(=O)N[C@H]3CCc4c(Cl)cccc43)c2C)cs1. The van der Waals surface area contributed by atoms with E-state index in [9.17, 15) is 4.79 Å². The van der Waals surface area contributed by atoms with E-state index in [4.69, 9.17) is 11.6 Å². The second-order valence-corrected chi connectivity index (χ2v) is 8.56. The summed E-state index contributed by atoms with van der Waals surface area (Å²) in [7, 11) is 0. The van der Waals surface area contributed by atoms with Crippen LogP contribution in [0.4, 0.5) is 0 Å². The zero-order chi connectivity index (χ0) is 19.1. The maximum atomic E-state index is 12.7. The van der Waals surface area contributed by atoms with Gasteiger partial charge in [0.1, 0.15) is 6.54 Å². The Labute approximate surface area is 168 Å². The summed E-state index contributed by atoms with van der Waals surface area (Å²) in [4.78, 5) is 17.3. The molecule has 1 aliphatic rings. The fraction of sp³-hybridized carbons (Fsp3) is 0.333. The summed E-state index contributed by atoms with van der Waals surface area (Å²) in [5.41, 5.74) is 6.54. The van der Waals surface area contributed by atoms with Gasteiger partial charge in [-0.2, -0.15) is 0 Å². The Morgan fingerprint density at radius 1 is 1.37 bits per heavy atom. The maximum absolute atomic E-state index is 12.7. The smallest absolute Gasteiger partial charge is 0.240 e. The summed E-state index contributed by atoms with van der Waals surface area (Å²) in [6, 6.07) is 8.09. The summed E-state index contributed by atoms with van der Waals surface area (Å²) >= 11 is 7.93. The van der Waals surface area contributed by atoms with Crippen LogP contribution in [0.1, 0.15) is 40.0 Å². The van der Waals surface area contributed by atoms with Crippen molar-refractivity contribution < 1.29 is 4.79 Å². The van der Waals surface area contributed by atoms with E-state index in [0.717, 1.165) is 51.1 Å². The van der Waals surface area contributed by atoms with Gasteiger partial charge in [-0.15, -0.1) is 11.3 Å². The van der Waals surface area contributed by atoms with Crippen molar-refractivity contribution in [2.75, 3.05) is 0 Å². The summed E-state index contributed by atoms with van der Waals surface area (Å²) in [6.45, 7) is 6.41. The van der Waals surface area contributed by atoms with E-state index >= 15 is 0 Å². The molecule has 0 unspecified atom stereocenters. The first-order valence-electron chi connectivity index (χ1n) is 9.10. The largest absolute Gasteiger partial charge is 0.348 e. The number of carbonyl (C=O) groups excluding carboxylic acids is 1. The number of fused-ring (bicyclic) bond motifs is 1. The van der Waals surface area contributed by atoms with E-state index < -0.39 is 0 Å². The first kappa shape index (κ1) is 18.3. The van der Waals surface area contributed by atoms with Crippen LogP contribution in [-0.2, 0) is 17.8 Å². The topological polar surface area (TPSA) is 46.9 Å². The molecular formula is C21H22ClN3OS. The molecule has 140 valence electrons. The van der Waals surface area contributed by atoms with Gasteiger partial charge in [-0.1, -0.05) is 23.7 Å². The number of hydrogen-bond acceptors (Lipinski definition) is 3. The minimum absolute atomic E-state index is 0.0237. The van der Waals surface area contributed by atoms with Crippen LogP contribution >= 0.6 is 22.9 Å². The predicted molar refractivity (Wildman–Crippen MR) is 110 cm³/mol. The van der Waals surface area contributed by atoms with Crippen molar-refractivity contribution in [1.82, 2.24) is 14.9 Å². The van der Waals surface area contributed by atoms with Crippen LogP contribution in [-0.4, -0.2) is 15.5 Å². The van der Waals surface area contributed by atoms with Gasteiger partial charge in [-0.25, -0.2) is 4.98 Å². The molecule has 0 radical (unpaired) electrons. The molecule has 3 aromatic rings. The minimum atomic E-state index is 0.0237. The lowest BCUT2D eigenvalue weighted by Crippen LogP contribution is -2.31. The van der Waals surface area contributed by atoms with Crippen molar-refractivity contribution in [3.63, 3.8) is 0 Å². The van der Waals surface area contributed by atoms with Crippen molar-refractivity contribution in [3.05, 3.63) is 62.2 Å². The van der Waals surface area contributed by atoms with Gasteiger partial charge in [0.2, 0.25) is 5.91 Å². The first-order valence-corrected chi connectivity index (χ1v) is 10.4. The number of thiazole rings is 1. The predicted octanol–water partition coefficient (Wildman–Crippen LogP) is 4.99. The number of nitrogens with one attached hydrogen (secondary N) is 1. The number of rotatable bonds is 4. The van der Waals surface area contributed by atoms with Crippen molar-refractivity contribution in [3.8, 4) is 11.3 Å². The third-order valence-corrected chi connectivity index (χ3v) is 6.45. The van der Waals surface area contributed by atoms with Crippen molar-refractivity contribution in [2.45, 2.75) is 46.2 Å². The van der Waals surface area contributed by atoms with E-state index in [1.807, 2.05) is 26.0 Å². The first-order chi connectivity index (χ1) is 12.9. The van der Waals surface area contributed by atoms with Gasteiger partial charge >= 0.3 is 0 Å². The lowest BCUT2D eigenvalue weighted by atomic mass is 10.1. The Morgan fingerprint density at radius 3 is 2.93 bits per heavy atom. The number of nitrogens with zero attached hydrogens (tertiary/aromatic N) is 2. The number of carbonyl (C=O) groups is 1. The summed E-state index contributed by atoms with van der Waals surface area (Å²) < 4.78 is 2.06. The van der Waals surface area contributed by atoms with Crippen molar-refractivity contribution in [2.24, 2.45) is 0 Å². The van der Waals surface area contributed by atoms with Crippen LogP contribution in [0.15, 0.2) is 29.6 Å². The number of aromatic nitrogens is 2. The van der Waals surface area contributed by atoms with E-state index in [-0.39, 0.29) is 11.9 Å². The van der Waals surface area contributed by atoms with Crippen molar-refractivity contribution in [1.29, 1.82) is 0 Å². The molecule has 1 aliphatic carbocycles. The van der Waals surface area contributed by atoms with E-state index in [0.29, 0.717) is 6.54 Å². The van der Waals surface area contributed by atoms with E-state index in [1.165, 1.54) is 5.56 Å². The molecule has 6 heteroatoms. The van der Waals surface area contributed by atoms with E-state index in [1.54, 1.807) is 11.3 Å². The zero-order valence-corrected chi connectivity index (χ0v) is 17.2. The molecule has 0 aliphatic heterocycles. The van der Waals surface area contributed by atoms with Gasteiger partial charge in [0.25, 0.3) is 0 Å². The Morgan fingerprint density at radius 2 is 2.19 bits per heavy atom. The average molecular weight is 400 g/mol. The number of amides is 1. The van der Waals surface area contributed by atoms with Crippen LogP contribution in [0.5, 0.6) is 0 Å². The maximum Gasteiger partial charge on any atom is 0.240 e. The number of benzene rings is 1. The average Bonchev–Trinajstić information content (AvgIpc) is 3.30. The summed E-state index contributed by atoms with van der Waals surface area (Å²) in [5, 5.41) is 7.10.